The molecule has 0 amide bonds. The number of hydrogen-bond donors (Lipinski definition) is 0. The summed E-state index contributed by atoms with van der Waals surface area (Å²) in [5.74, 6) is 0. The lowest BCUT2D eigenvalue weighted by Gasteiger charge is -2.26. The van der Waals surface area contributed by atoms with Crippen molar-refractivity contribution < 1.29 is 13.3 Å². The molecule has 0 aromatic heterocycles. The van der Waals surface area contributed by atoms with Crippen LogP contribution in [-0.2, 0) is 10.0 Å². The largest absolute Gasteiger partial charge is 0.308 e. The molecule has 1 fully saturated rings. The molecule has 0 aliphatic carbocycles. The standard InChI is InChI=1S/C13H18ClN3O4S/c1-15(2)9-11-4-3-7-16(11)22(20,21)13-8-10(14)5-6-12(13)17(18)19/h5-6,8,11H,3-4,7,9H2,1-2H3/t11-/m1/s1. The number of likely N-dealkylation sites (N-methyl/N-ethyl adjacent to an activating group) is 1. The molecule has 1 aromatic rings. The summed E-state index contributed by atoms with van der Waals surface area (Å²) in [6.45, 7) is 0.943. The van der Waals surface area contributed by atoms with Gasteiger partial charge in [0.25, 0.3) is 5.69 Å². The molecule has 122 valence electrons. The number of nitro benzene ring substituents is 1. The monoisotopic (exact) mass is 347 g/mol. The van der Waals surface area contributed by atoms with E-state index >= 15 is 0 Å². The van der Waals surface area contributed by atoms with E-state index in [2.05, 4.69) is 0 Å². The lowest BCUT2D eigenvalue weighted by atomic mass is 10.2. The highest BCUT2D eigenvalue weighted by molar-refractivity contribution is 7.89. The van der Waals surface area contributed by atoms with E-state index in [4.69, 9.17) is 11.6 Å². The number of hydrogen-bond acceptors (Lipinski definition) is 5. The average Bonchev–Trinajstić information content (AvgIpc) is 2.86. The lowest BCUT2D eigenvalue weighted by molar-refractivity contribution is -0.387. The van der Waals surface area contributed by atoms with Gasteiger partial charge in [0.1, 0.15) is 0 Å². The number of sulfonamides is 1. The number of benzene rings is 1. The summed E-state index contributed by atoms with van der Waals surface area (Å²) < 4.78 is 27.0. The summed E-state index contributed by atoms with van der Waals surface area (Å²) in [6, 6.07) is 3.42. The molecule has 0 saturated carbocycles. The smallest absolute Gasteiger partial charge is 0.289 e. The molecule has 1 aromatic carbocycles. The summed E-state index contributed by atoms with van der Waals surface area (Å²) in [7, 11) is -0.219. The van der Waals surface area contributed by atoms with Crippen LogP contribution in [0.2, 0.25) is 5.02 Å². The molecule has 7 nitrogen and oxygen atoms in total. The number of nitrogens with zero attached hydrogens (tertiary/aromatic N) is 3. The summed E-state index contributed by atoms with van der Waals surface area (Å²) in [6.07, 6.45) is 1.48. The van der Waals surface area contributed by atoms with Gasteiger partial charge in [-0.2, -0.15) is 4.31 Å². The molecule has 1 heterocycles. The first kappa shape index (κ1) is 17.1. The molecule has 0 unspecified atom stereocenters. The van der Waals surface area contributed by atoms with Crippen molar-refractivity contribution in [2.45, 2.75) is 23.8 Å². The van der Waals surface area contributed by atoms with Crippen molar-refractivity contribution >= 4 is 27.3 Å². The number of rotatable bonds is 5. The minimum Gasteiger partial charge on any atom is -0.308 e. The Hall–Kier alpha value is -1.22. The molecule has 1 aliphatic heterocycles. The quantitative estimate of drug-likeness (QED) is 0.600. The first-order chi connectivity index (χ1) is 10.2. The first-order valence-electron chi connectivity index (χ1n) is 6.84. The predicted molar refractivity (Wildman–Crippen MR) is 83.6 cm³/mol. The second kappa shape index (κ2) is 6.49. The zero-order valence-corrected chi connectivity index (χ0v) is 14.0. The third-order valence-corrected chi connectivity index (χ3v) is 5.82. The maximum Gasteiger partial charge on any atom is 0.289 e. The first-order valence-corrected chi connectivity index (χ1v) is 8.66. The van der Waals surface area contributed by atoms with Gasteiger partial charge in [-0.05, 0) is 39.1 Å². The van der Waals surface area contributed by atoms with Gasteiger partial charge in [0.15, 0.2) is 4.90 Å². The highest BCUT2D eigenvalue weighted by Crippen LogP contribution is 2.33. The predicted octanol–water partition coefficient (Wildman–Crippen LogP) is 1.96. The van der Waals surface area contributed by atoms with Crippen molar-refractivity contribution in [1.29, 1.82) is 0 Å². The van der Waals surface area contributed by atoms with Gasteiger partial charge in [-0.3, -0.25) is 10.1 Å². The molecular weight excluding hydrogens is 330 g/mol. The van der Waals surface area contributed by atoms with Crippen LogP contribution in [0.25, 0.3) is 0 Å². The van der Waals surface area contributed by atoms with E-state index in [1.165, 1.54) is 10.4 Å². The Kier molecular flexibility index (Phi) is 5.06. The molecule has 0 radical (unpaired) electrons. The van der Waals surface area contributed by atoms with E-state index in [0.29, 0.717) is 13.1 Å². The van der Waals surface area contributed by atoms with Gasteiger partial charge in [0.05, 0.1) is 4.92 Å². The summed E-state index contributed by atoms with van der Waals surface area (Å²) in [5.41, 5.74) is -0.445. The van der Waals surface area contributed by atoms with E-state index in [0.717, 1.165) is 25.0 Å². The van der Waals surface area contributed by atoms with Crippen LogP contribution in [0.4, 0.5) is 5.69 Å². The van der Waals surface area contributed by atoms with Crippen molar-refractivity contribution in [3.8, 4) is 0 Å². The van der Waals surface area contributed by atoms with Crippen molar-refractivity contribution in [3.05, 3.63) is 33.3 Å². The Morgan fingerprint density at radius 1 is 1.45 bits per heavy atom. The number of nitro groups is 1. The van der Waals surface area contributed by atoms with Crippen LogP contribution >= 0.6 is 11.6 Å². The average molecular weight is 348 g/mol. The Bertz CT molecular complexity index is 678. The lowest BCUT2D eigenvalue weighted by Crippen LogP contribution is -2.41. The van der Waals surface area contributed by atoms with Gasteiger partial charge in [0, 0.05) is 30.2 Å². The fraction of sp³-hybridized carbons (Fsp3) is 0.538. The molecule has 1 atom stereocenters. The summed E-state index contributed by atoms with van der Waals surface area (Å²) in [5, 5.41) is 11.3. The van der Waals surface area contributed by atoms with Crippen LogP contribution in [-0.4, -0.2) is 55.8 Å². The van der Waals surface area contributed by atoms with Crippen LogP contribution in [0.1, 0.15) is 12.8 Å². The Morgan fingerprint density at radius 3 is 2.73 bits per heavy atom. The maximum atomic E-state index is 12.8. The van der Waals surface area contributed by atoms with Crippen molar-refractivity contribution in [3.63, 3.8) is 0 Å². The molecule has 1 saturated heterocycles. The Morgan fingerprint density at radius 2 is 2.14 bits per heavy atom. The third-order valence-electron chi connectivity index (χ3n) is 3.60. The topological polar surface area (TPSA) is 83.8 Å². The van der Waals surface area contributed by atoms with Crippen LogP contribution in [0.3, 0.4) is 0 Å². The molecule has 0 spiro atoms. The Balaban J connectivity index is 2.46. The van der Waals surface area contributed by atoms with Gasteiger partial charge in [-0.1, -0.05) is 11.6 Å². The minimum atomic E-state index is -3.95. The molecule has 22 heavy (non-hydrogen) atoms. The zero-order chi connectivity index (χ0) is 16.5. The normalized spacial score (nSPS) is 19.7. The molecule has 2 rings (SSSR count). The van der Waals surface area contributed by atoms with Gasteiger partial charge in [-0.25, -0.2) is 8.42 Å². The van der Waals surface area contributed by atoms with E-state index in [9.17, 15) is 18.5 Å². The highest BCUT2D eigenvalue weighted by Gasteiger charge is 2.39. The summed E-state index contributed by atoms with van der Waals surface area (Å²) >= 11 is 5.84. The molecule has 0 N–H and O–H groups in total. The molecule has 9 heteroatoms. The van der Waals surface area contributed by atoms with Crippen molar-refractivity contribution in [2.75, 3.05) is 27.2 Å². The third kappa shape index (κ3) is 3.40. The Labute approximate surface area is 134 Å². The van der Waals surface area contributed by atoms with E-state index in [-0.39, 0.29) is 16.0 Å². The van der Waals surface area contributed by atoms with Crippen molar-refractivity contribution in [1.82, 2.24) is 9.21 Å². The van der Waals surface area contributed by atoms with Gasteiger partial charge >= 0.3 is 0 Å². The van der Waals surface area contributed by atoms with E-state index < -0.39 is 20.6 Å². The van der Waals surface area contributed by atoms with Gasteiger partial charge in [-0.15, -0.1) is 0 Å². The van der Waals surface area contributed by atoms with Gasteiger partial charge in [0.2, 0.25) is 10.0 Å². The number of halogens is 1. The second-order valence-corrected chi connectivity index (χ2v) is 7.84. The maximum absolute atomic E-state index is 12.8. The molecule has 1 aliphatic rings. The van der Waals surface area contributed by atoms with Crippen LogP contribution < -0.4 is 0 Å². The SMILES string of the molecule is CN(C)C[C@H]1CCCN1S(=O)(=O)c1cc(Cl)ccc1[N+](=O)[O-]. The van der Waals surface area contributed by atoms with E-state index in [1.807, 2.05) is 19.0 Å². The molecular formula is C13H18ClN3O4S. The van der Waals surface area contributed by atoms with E-state index in [1.54, 1.807) is 0 Å². The van der Waals surface area contributed by atoms with Crippen LogP contribution in [0.5, 0.6) is 0 Å². The minimum absolute atomic E-state index is 0.160. The van der Waals surface area contributed by atoms with Crippen molar-refractivity contribution in [2.24, 2.45) is 0 Å². The van der Waals surface area contributed by atoms with Gasteiger partial charge < -0.3 is 4.90 Å². The summed E-state index contributed by atoms with van der Waals surface area (Å²) in [4.78, 5) is 12.0. The fourth-order valence-electron chi connectivity index (χ4n) is 2.70. The zero-order valence-electron chi connectivity index (χ0n) is 12.4. The second-order valence-electron chi connectivity index (χ2n) is 5.54. The van der Waals surface area contributed by atoms with Crippen LogP contribution in [0.15, 0.2) is 23.1 Å². The molecule has 0 bridgehead atoms. The van der Waals surface area contributed by atoms with Crippen LogP contribution in [0, 0.1) is 10.1 Å². The fourth-order valence-corrected chi connectivity index (χ4v) is 4.81. The highest BCUT2D eigenvalue weighted by atomic mass is 35.5.